The molecule has 0 fully saturated rings. The van der Waals surface area contributed by atoms with Gasteiger partial charge in [-0.15, -0.1) is 0 Å². The summed E-state index contributed by atoms with van der Waals surface area (Å²) < 4.78 is 0. The molecule has 1 aromatic carbocycles. The molecule has 84 valence electrons. The molecule has 0 aliphatic carbocycles. The zero-order valence-corrected chi connectivity index (χ0v) is 10.2. The number of hydrogen-bond donors (Lipinski definition) is 2. The van der Waals surface area contributed by atoms with Gasteiger partial charge in [-0.05, 0) is 41.6 Å². The van der Waals surface area contributed by atoms with E-state index in [4.69, 9.17) is 17.3 Å². The molecular weight excluding hydrogens is 210 g/mol. The summed E-state index contributed by atoms with van der Waals surface area (Å²) in [6, 6.07) is 3.61. The summed E-state index contributed by atoms with van der Waals surface area (Å²) >= 11 is 6.02. The van der Waals surface area contributed by atoms with Gasteiger partial charge >= 0.3 is 0 Å². The van der Waals surface area contributed by atoms with Crippen LogP contribution in [0.5, 0.6) is 5.75 Å². The summed E-state index contributed by atoms with van der Waals surface area (Å²) in [5.41, 5.74) is 7.32. The second kappa shape index (κ2) is 4.86. The average molecular weight is 228 g/mol. The van der Waals surface area contributed by atoms with Crippen molar-refractivity contribution >= 4 is 11.6 Å². The van der Waals surface area contributed by atoms with Crippen LogP contribution >= 0.6 is 11.6 Å². The minimum Gasteiger partial charge on any atom is -0.507 e. The van der Waals surface area contributed by atoms with E-state index in [9.17, 15) is 5.11 Å². The summed E-state index contributed by atoms with van der Waals surface area (Å²) in [6.07, 6.45) is 0. The van der Waals surface area contributed by atoms with Gasteiger partial charge < -0.3 is 10.8 Å². The van der Waals surface area contributed by atoms with E-state index in [1.165, 1.54) is 0 Å². The van der Waals surface area contributed by atoms with Crippen LogP contribution < -0.4 is 5.73 Å². The maximum Gasteiger partial charge on any atom is 0.122 e. The van der Waals surface area contributed by atoms with E-state index in [1.54, 1.807) is 6.07 Å². The minimum absolute atomic E-state index is 0.126. The number of phenolic OH excluding ortho intramolecular Hbond substituents is 1. The summed E-state index contributed by atoms with van der Waals surface area (Å²) in [5, 5.41) is 10.7. The predicted molar refractivity (Wildman–Crippen MR) is 64.7 cm³/mol. The lowest BCUT2D eigenvalue weighted by molar-refractivity contribution is 0.453. The minimum atomic E-state index is 0.126. The fourth-order valence-corrected chi connectivity index (χ4v) is 1.82. The second-order valence-corrected chi connectivity index (χ2v) is 4.66. The van der Waals surface area contributed by atoms with Crippen molar-refractivity contribution in [3.63, 3.8) is 0 Å². The Balaban J connectivity index is 3.28. The van der Waals surface area contributed by atoms with Gasteiger partial charge in [0.25, 0.3) is 0 Å². The predicted octanol–water partition coefficient (Wildman–Crippen LogP) is 3.23. The molecule has 0 amide bonds. The normalized spacial score (nSPS) is 13.2. The third-order valence-electron chi connectivity index (χ3n) is 2.64. The van der Waals surface area contributed by atoms with E-state index >= 15 is 0 Å². The number of hydrogen-bond acceptors (Lipinski definition) is 2. The number of aromatic hydroxyl groups is 1. The first-order valence-electron chi connectivity index (χ1n) is 5.19. The highest BCUT2D eigenvalue weighted by Crippen LogP contribution is 2.35. The van der Waals surface area contributed by atoms with Crippen LogP contribution in [-0.2, 0) is 0 Å². The van der Waals surface area contributed by atoms with Gasteiger partial charge in [0.05, 0.1) is 0 Å². The summed E-state index contributed by atoms with van der Waals surface area (Å²) in [6.45, 7) is 6.55. The van der Waals surface area contributed by atoms with Gasteiger partial charge in [0.1, 0.15) is 5.75 Å². The van der Waals surface area contributed by atoms with Crippen LogP contribution in [0.3, 0.4) is 0 Å². The van der Waals surface area contributed by atoms with Crippen LogP contribution in [0.1, 0.15) is 43.7 Å². The van der Waals surface area contributed by atoms with Crippen molar-refractivity contribution in [1.29, 1.82) is 0 Å². The van der Waals surface area contributed by atoms with E-state index in [0.717, 1.165) is 11.1 Å². The van der Waals surface area contributed by atoms with Crippen molar-refractivity contribution in [2.45, 2.75) is 32.6 Å². The van der Waals surface area contributed by atoms with Crippen LogP contribution in [0.4, 0.5) is 0 Å². The van der Waals surface area contributed by atoms with Gasteiger partial charge in [0.15, 0.2) is 0 Å². The summed E-state index contributed by atoms with van der Waals surface area (Å²) in [7, 11) is 0. The van der Waals surface area contributed by atoms with Crippen molar-refractivity contribution in [3.8, 4) is 5.75 Å². The van der Waals surface area contributed by atoms with Gasteiger partial charge in [-0.1, -0.05) is 32.4 Å². The molecule has 0 radical (unpaired) electrons. The molecule has 0 aliphatic heterocycles. The van der Waals surface area contributed by atoms with Crippen molar-refractivity contribution in [2.24, 2.45) is 5.73 Å². The van der Waals surface area contributed by atoms with Gasteiger partial charge in [0.2, 0.25) is 0 Å². The molecule has 0 aromatic heterocycles. The lowest BCUT2D eigenvalue weighted by Crippen LogP contribution is -2.09. The first-order valence-corrected chi connectivity index (χ1v) is 5.57. The lowest BCUT2D eigenvalue weighted by Gasteiger charge is -2.17. The Bertz CT molecular complexity index is 350. The first-order chi connectivity index (χ1) is 6.97. The Labute approximate surface area is 96.1 Å². The Morgan fingerprint density at radius 1 is 1.27 bits per heavy atom. The van der Waals surface area contributed by atoms with Crippen LogP contribution in [0.25, 0.3) is 0 Å². The molecule has 0 bridgehead atoms. The first kappa shape index (κ1) is 12.3. The maximum absolute atomic E-state index is 10.1. The number of rotatable bonds is 3. The highest BCUT2D eigenvalue weighted by molar-refractivity contribution is 6.30. The molecule has 3 heteroatoms. The lowest BCUT2D eigenvalue weighted by atomic mass is 9.93. The molecule has 1 aromatic rings. The molecule has 0 saturated carbocycles. The van der Waals surface area contributed by atoms with Crippen LogP contribution in [-0.4, -0.2) is 11.7 Å². The molecule has 0 aliphatic rings. The molecule has 0 heterocycles. The van der Waals surface area contributed by atoms with Crippen LogP contribution in [0.15, 0.2) is 12.1 Å². The zero-order valence-electron chi connectivity index (χ0n) is 9.42. The number of benzene rings is 1. The maximum atomic E-state index is 10.1. The van der Waals surface area contributed by atoms with Gasteiger partial charge in [-0.25, -0.2) is 0 Å². The van der Waals surface area contributed by atoms with Gasteiger partial charge in [-0.2, -0.15) is 0 Å². The monoisotopic (exact) mass is 227 g/mol. The van der Waals surface area contributed by atoms with E-state index in [0.29, 0.717) is 17.3 Å². The Morgan fingerprint density at radius 2 is 1.80 bits per heavy atom. The largest absolute Gasteiger partial charge is 0.507 e. The number of halogens is 1. The van der Waals surface area contributed by atoms with E-state index in [2.05, 4.69) is 0 Å². The smallest absolute Gasteiger partial charge is 0.122 e. The van der Waals surface area contributed by atoms with Crippen molar-refractivity contribution in [2.75, 3.05) is 6.54 Å². The Hall–Kier alpha value is -0.730. The molecule has 1 atom stereocenters. The van der Waals surface area contributed by atoms with Crippen molar-refractivity contribution in [1.82, 2.24) is 0 Å². The molecule has 1 rings (SSSR count). The number of nitrogens with two attached hydrogens (primary N) is 1. The fourth-order valence-electron chi connectivity index (χ4n) is 1.58. The topological polar surface area (TPSA) is 46.2 Å². The molecule has 0 saturated heterocycles. The second-order valence-electron chi connectivity index (χ2n) is 4.22. The molecule has 15 heavy (non-hydrogen) atoms. The highest BCUT2D eigenvalue weighted by Gasteiger charge is 2.15. The van der Waals surface area contributed by atoms with Gasteiger partial charge in [-0.3, -0.25) is 0 Å². The Morgan fingerprint density at radius 3 is 2.27 bits per heavy atom. The third-order valence-corrected chi connectivity index (χ3v) is 2.86. The van der Waals surface area contributed by atoms with E-state index in [-0.39, 0.29) is 11.8 Å². The van der Waals surface area contributed by atoms with E-state index in [1.807, 2.05) is 26.8 Å². The molecule has 3 N–H and O–H groups in total. The quantitative estimate of drug-likeness (QED) is 0.833. The standard InChI is InChI=1S/C12H18ClNO/c1-7(2)10-4-9(13)5-11(12(10)15)8(3)6-14/h4-5,7-8,15H,6,14H2,1-3H3. The van der Waals surface area contributed by atoms with Crippen molar-refractivity contribution in [3.05, 3.63) is 28.3 Å². The van der Waals surface area contributed by atoms with Crippen LogP contribution in [0.2, 0.25) is 5.02 Å². The SMILES string of the molecule is CC(C)c1cc(Cl)cc(C(C)CN)c1O. The molecule has 2 nitrogen and oxygen atoms in total. The molecule has 1 unspecified atom stereocenters. The zero-order chi connectivity index (χ0) is 11.6. The fraction of sp³-hybridized carbons (Fsp3) is 0.500. The Kier molecular flexibility index (Phi) is 4.00. The molecular formula is C12H18ClNO. The summed E-state index contributed by atoms with van der Waals surface area (Å²) in [5.74, 6) is 0.723. The van der Waals surface area contributed by atoms with Gasteiger partial charge in [0, 0.05) is 5.02 Å². The molecule has 0 spiro atoms. The number of phenols is 1. The summed E-state index contributed by atoms with van der Waals surface area (Å²) in [4.78, 5) is 0. The highest BCUT2D eigenvalue weighted by atomic mass is 35.5. The average Bonchev–Trinajstić information content (AvgIpc) is 2.19. The van der Waals surface area contributed by atoms with E-state index < -0.39 is 0 Å². The van der Waals surface area contributed by atoms with Crippen molar-refractivity contribution < 1.29 is 5.11 Å². The third kappa shape index (κ3) is 2.64. The van der Waals surface area contributed by atoms with Crippen LogP contribution in [0, 0.1) is 0 Å².